The van der Waals surface area contributed by atoms with Crippen LogP contribution in [0.15, 0.2) is 90.6 Å². The number of fused-ring (bicyclic) bond motifs is 4. The Labute approximate surface area is 218 Å². The molecule has 0 amide bonds. The van der Waals surface area contributed by atoms with Crippen molar-refractivity contribution in [3.63, 3.8) is 0 Å². The molecule has 0 fully saturated rings. The number of allylic oxidation sites excluding steroid dienone is 2. The van der Waals surface area contributed by atoms with Gasteiger partial charge in [0.1, 0.15) is 0 Å². The molecule has 0 nitrogen and oxygen atoms in total. The number of hydrogen-bond acceptors (Lipinski definition) is 0. The number of hydrogen-bond donors (Lipinski definition) is 0. The van der Waals surface area contributed by atoms with Crippen molar-refractivity contribution in [2.75, 3.05) is 0 Å². The first-order valence-corrected chi connectivity index (χ1v) is 13.3. The Kier molecular flexibility index (Phi) is 8.56. The molecule has 31 heavy (non-hydrogen) atoms. The van der Waals surface area contributed by atoms with Crippen LogP contribution < -0.4 is 24.8 Å². The van der Waals surface area contributed by atoms with E-state index < -0.39 is 8.07 Å². The second kappa shape index (κ2) is 10.2. The van der Waals surface area contributed by atoms with E-state index in [1.165, 1.54) is 33.4 Å². The molecule has 0 saturated heterocycles. The molecule has 1 unspecified atom stereocenters. The van der Waals surface area contributed by atoms with Gasteiger partial charge in [0, 0.05) is 11.5 Å². The summed E-state index contributed by atoms with van der Waals surface area (Å²) >= 11 is 0. The maximum absolute atomic E-state index is 4.07. The van der Waals surface area contributed by atoms with E-state index in [4.69, 9.17) is 0 Å². The fourth-order valence-electron chi connectivity index (χ4n) is 5.55. The molecule has 5 rings (SSSR count). The van der Waals surface area contributed by atoms with Crippen LogP contribution in [0, 0.1) is 0 Å². The third kappa shape index (κ3) is 4.13. The van der Waals surface area contributed by atoms with Crippen LogP contribution in [-0.4, -0.2) is 8.07 Å². The number of halogens is 2. The zero-order chi connectivity index (χ0) is 19.3. The van der Waals surface area contributed by atoms with Gasteiger partial charge < -0.3 is 24.8 Å². The maximum atomic E-state index is 4.07. The predicted molar refractivity (Wildman–Crippen MR) is 123 cm³/mol. The molecule has 1 atom stereocenters. The smallest absolute Gasteiger partial charge is 1.00 e. The van der Waals surface area contributed by atoms with Crippen LogP contribution in [-0.2, 0) is 26.2 Å². The van der Waals surface area contributed by atoms with Crippen LogP contribution in [0.3, 0.4) is 0 Å². The van der Waals surface area contributed by atoms with Gasteiger partial charge in [-0.1, -0.05) is 103 Å². The van der Waals surface area contributed by atoms with Gasteiger partial charge in [-0.3, -0.25) is 0 Å². The standard InChI is InChI=1S/C27H26Si.2ClH.Zr/c1-4-11-23-20-13-6-5-12-19(20)18-26(23)28(2,3)27-24-16-9-7-14-21(24)22-15-8-10-17-25(22)27;;;/h4-10,12-18,23,27H,1,11H2,2-3H3;2*1H;/q;;;+2/p-2. The molecule has 0 spiro atoms. The molecule has 4 heteroatoms. The van der Waals surface area contributed by atoms with Crippen LogP contribution in [0.5, 0.6) is 0 Å². The summed E-state index contributed by atoms with van der Waals surface area (Å²) in [6.45, 7) is 9.22. The zero-order valence-corrected chi connectivity index (χ0v) is 22.9. The van der Waals surface area contributed by atoms with Crippen LogP contribution in [0.4, 0.5) is 0 Å². The van der Waals surface area contributed by atoms with Crippen molar-refractivity contribution in [2.24, 2.45) is 0 Å². The van der Waals surface area contributed by atoms with Crippen molar-refractivity contribution >= 4 is 14.1 Å². The first-order chi connectivity index (χ1) is 13.6. The Balaban J connectivity index is 0.00000114. The van der Waals surface area contributed by atoms with Crippen LogP contribution >= 0.6 is 0 Å². The summed E-state index contributed by atoms with van der Waals surface area (Å²) in [5.74, 6) is 0.482. The molecule has 0 N–H and O–H groups in total. The van der Waals surface area contributed by atoms with Crippen molar-refractivity contribution in [3.05, 3.63) is 113 Å². The molecule has 3 aromatic rings. The van der Waals surface area contributed by atoms with Crippen LogP contribution in [0.25, 0.3) is 17.2 Å². The topological polar surface area (TPSA) is 0 Å². The van der Waals surface area contributed by atoms with Gasteiger partial charge in [0.15, 0.2) is 0 Å². The second-order valence-corrected chi connectivity index (χ2v) is 13.2. The Hall–Kier alpha value is -1.18. The Morgan fingerprint density at radius 2 is 1.26 bits per heavy atom. The van der Waals surface area contributed by atoms with Gasteiger partial charge in [0.2, 0.25) is 0 Å². The van der Waals surface area contributed by atoms with Crippen LogP contribution in [0.2, 0.25) is 13.1 Å². The van der Waals surface area contributed by atoms with E-state index in [9.17, 15) is 0 Å². The van der Waals surface area contributed by atoms with E-state index in [0.717, 1.165) is 6.42 Å². The van der Waals surface area contributed by atoms with Crippen molar-refractivity contribution < 1.29 is 51.0 Å². The second-order valence-electron chi connectivity index (χ2n) is 8.63. The molecule has 2 aliphatic rings. The van der Waals surface area contributed by atoms with Gasteiger partial charge in [0.25, 0.3) is 0 Å². The third-order valence-corrected chi connectivity index (χ3v) is 10.8. The minimum atomic E-state index is -1.82. The molecular formula is C27H26Cl2SiZr. The fraction of sp³-hybridized carbons (Fsp3) is 0.185. The molecule has 0 radical (unpaired) electrons. The number of rotatable bonds is 4. The summed E-state index contributed by atoms with van der Waals surface area (Å²) in [6.07, 6.45) is 5.64. The molecule has 156 valence electrons. The van der Waals surface area contributed by atoms with Crippen molar-refractivity contribution in [1.82, 2.24) is 0 Å². The molecule has 0 aliphatic heterocycles. The summed E-state index contributed by atoms with van der Waals surface area (Å²) < 4.78 is 0. The van der Waals surface area contributed by atoms with E-state index in [1.54, 1.807) is 5.20 Å². The van der Waals surface area contributed by atoms with Crippen molar-refractivity contribution in [1.29, 1.82) is 0 Å². The summed E-state index contributed by atoms with van der Waals surface area (Å²) in [4.78, 5) is 0. The van der Waals surface area contributed by atoms with Crippen molar-refractivity contribution in [3.8, 4) is 11.1 Å². The van der Waals surface area contributed by atoms with Gasteiger partial charge >= 0.3 is 26.2 Å². The van der Waals surface area contributed by atoms with Gasteiger partial charge in [-0.15, -0.1) is 6.58 Å². The molecular weight excluding hydrogens is 515 g/mol. The Morgan fingerprint density at radius 3 is 1.81 bits per heavy atom. The molecule has 2 aliphatic carbocycles. The fourth-order valence-corrected chi connectivity index (χ4v) is 9.64. The van der Waals surface area contributed by atoms with Crippen molar-refractivity contribution in [2.45, 2.75) is 31.0 Å². The van der Waals surface area contributed by atoms with Gasteiger partial charge in [-0.25, -0.2) is 0 Å². The largest absolute Gasteiger partial charge is 2.00 e. The SMILES string of the molecule is C=CCC1C([Si](C)(C)C2c3ccccc3-c3ccccc32)=Cc2ccccc21.[Cl-].[Cl-].[Zr+2]. The predicted octanol–water partition coefficient (Wildman–Crippen LogP) is 1.35. The third-order valence-electron chi connectivity index (χ3n) is 6.76. The zero-order valence-electron chi connectivity index (χ0n) is 17.9. The van der Waals surface area contributed by atoms with Crippen LogP contribution in [0.1, 0.15) is 40.1 Å². The minimum absolute atomic E-state index is 0. The summed E-state index contributed by atoms with van der Waals surface area (Å²) in [5, 5.41) is 1.67. The van der Waals surface area contributed by atoms with Gasteiger partial charge in [0.05, 0.1) is 8.07 Å². The van der Waals surface area contributed by atoms with E-state index in [2.05, 4.69) is 105 Å². The Morgan fingerprint density at radius 1 is 0.774 bits per heavy atom. The quantitative estimate of drug-likeness (QED) is 0.346. The average Bonchev–Trinajstić information content (AvgIpc) is 3.25. The maximum Gasteiger partial charge on any atom is 2.00 e. The first-order valence-electron chi connectivity index (χ1n) is 10.2. The summed E-state index contributed by atoms with van der Waals surface area (Å²) in [5.41, 5.74) is 9.30. The van der Waals surface area contributed by atoms with E-state index in [1.807, 2.05) is 0 Å². The molecule has 0 bridgehead atoms. The monoisotopic (exact) mass is 538 g/mol. The Bertz CT molecular complexity index is 1070. The first kappa shape index (κ1) is 26.1. The molecule has 0 heterocycles. The number of benzene rings is 3. The van der Waals surface area contributed by atoms with E-state index in [-0.39, 0.29) is 51.0 Å². The molecule has 0 saturated carbocycles. The average molecular weight is 541 g/mol. The molecule has 3 aromatic carbocycles. The van der Waals surface area contributed by atoms with E-state index >= 15 is 0 Å². The summed E-state index contributed by atoms with van der Waals surface area (Å²) in [7, 11) is -1.82. The normalized spacial score (nSPS) is 15.9. The van der Waals surface area contributed by atoms with Gasteiger partial charge in [-0.05, 0) is 39.8 Å². The van der Waals surface area contributed by atoms with Gasteiger partial charge in [-0.2, -0.15) is 0 Å². The molecule has 0 aromatic heterocycles. The summed E-state index contributed by atoms with van der Waals surface area (Å²) in [6, 6.07) is 27.0. The minimum Gasteiger partial charge on any atom is -1.00 e. The van der Waals surface area contributed by atoms with E-state index in [0.29, 0.717) is 11.5 Å².